The van der Waals surface area contributed by atoms with Gasteiger partial charge in [0, 0.05) is 31.7 Å². The molecule has 3 rings (SSSR count). The summed E-state index contributed by atoms with van der Waals surface area (Å²) in [5.74, 6) is -0.621. The molecule has 0 radical (unpaired) electrons. The highest BCUT2D eigenvalue weighted by Gasteiger charge is 2.25. The van der Waals surface area contributed by atoms with Gasteiger partial charge in [-0.15, -0.1) is 10.2 Å². The monoisotopic (exact) mass is 451 g/mol. The summed E-state index contributed by atoms with van der Waals surface area (Å²) in [6.45, 7) is 3.79. The van der Waals surface area contributed by atoms with Crippen LogP contribution in [-0.4, -0.2) is 76.4 Å². The van der Waals surface area contributed by atoms with Gasteiger partial charge in [0.15, 0.2) is 0 Å². The summed E-state index contributed by atoms with van der Waals surface area (Å²) < 4.78 is 23.3. The third kappa shape index (κ3) is 6.41. The van der Waals surface area contributed by atoms with E-state index < -0.39 is 11.7 Å². The molecular formula is C19H22FN5O5S. The van der Waals surface area contributed by atoms with Gasteiger partial charge in [0.25, 0.3) is 11.1 Å². The van der Waals surface area contributed by atoms with E-state index in [2.05, 4.69) is 15.5 Å². The maximum atomic E-state index is 12.9. The van der Waals surface area contributed by atoms with Crippen molar-refractivity contribution in [2.75, 3.05) is 38.5 Å². The fraction of sp³-hybridized carbons (Fsp3) is 0.421. The van der Waals surface area contributed by atoms with Crippen LogP contribution in [0.3, 0.4) is 0 Å². The molecule has 12 heteroatoms. The number of hydrogen-bond acceptors (Lipinski definition) is 8. The smallest absolute Gasteiger partial charge is 0.409 e. The standard InChI is InChI=1S/C19H22FN5O5S/c1-2-29-19(28)25-9-7-24(8-10-25)16(26)12-31-18-23-22-15(30-18)11-21-17(27)13-3-5-14(20)6-4-13/h3-6H,2,7-12H2,1H3,(H,21,27). The zero-order valence-corrected chi connectivity index (χ0v) is 17.7. The Bertz CT molecular complexity index is 915. The van der Waals surface area contributed by atoms with Gasteiger partial charge in [0.05, 0.1) is 18.9 Å². The summed E-state index contributed by atoms with van der Waals surface area (Å²) in [7, 11) is 0. The highest BCUT2D eigenvalue weighted by molar-refractivity contribution is 7.99. The van der Waals surface area contributed by atoms with Crippen molar-refractivity contribution in [1.82, 2.24) is 25.3 Å². The molecule has 0 atom stereocenters. The van der Waals surface area contributed by atoms with Crippen molar-refractivity contribution in [1.29, 1.82) is 0 Å². The molecule has 10 nitrogen and oxygen atoms in total. The van der Waals surface area contributed by atoms with Crippen LogP contribution in [0, 0.1) is 5.82 Å². The van der Waals surface area contributed by atoms with Gasteiger partial charge in [-0.25, -0.2) is 9.18 Å². The van der Waals surface area contributed by atoms with E-state index in [1.165, 1.54) is 24.3 Å². The van der Waals surface area contributed by atoms with Crippen LogP contribution in [0.5, 0.6) is 0 Å². The number of aromatic nitrogens is 2. The van der Waals surface area contributed by atoms with Crippen molar-refractivity contribution < 1.29 is 27.9 Å². The minimum Gasteiger partial charge on any atom is -0.450 e. The van der Waals surface area contributed by atoms with Gasteiger partial charge in [-0.05, 0) is 31.2 Å². The van der Waals surface area contributed by atoms with E-state index in [-0.39, 0.29) is 35.4 Å². The third-order valence-electron chi connectivity index (χ3n) is 4.43. The Morgan fingerprint density at radius 1 is 1.13 bits per heavy atom. The highest BCUT2D eigenvalue weighted by atomic mass is 32.2. The number of nitrogens with one attached hydrogen (secondary N) is 1. The largest absolute Gasteiger partial charge is 0.450 e. The first-order valence-electron chi connectivity index (χ1n) is 9.64. The van der Waals surface area contributed by atoms with Gasteiger partial charge in [-0.1, -0.05) is 11.8 Å². The van der Waals surface area contributed by atoms with Crippen molar-refractivity contribution >= 4 is 29.7 Å². The topological polar surface area (TPSA) is 118 Å². The van der Waals surface area contributed by atoms with E-state index >= 15 is 0 Å². The molecule has 3 amide bonds. The van der Waals surface area contributed by atoms with Gasteiger partial charge in [0.1, 0.15) is 5.82 Å². The van der Waals surface area contributed by atoms with Crippen LogP contribution in [0.4, 0.5) is 9.18 Å². The lowest BCUT2D eigenvalue weighted by Gasteiger charge is -2.33. The first kappa shape index (κ1) is 22.5. The second-order valence-electron chi connectivity index (χ2n) is 6.51. The van der Waals surface area contributed by atoms with Crippen LogP contribution >= 0.6 is 11.8 Å². The van der Waals surface area contributed by atoms with Gasteiger partial charge in [-0.2, -0.15) is 0 Å². The number of carbonyl (C=O) groups excluding carboxylic acids is 3. The molecule has 166 valence electrons. The van der Waals surface area contributed by atoms with Crippen LogP contribution in [0.1, 0.15) is 23.2 Å². The van der Waals surface area contributed by atoms with Crippen molar-refractivity contribution in [2.24, 2.45) is 0 Å². The molecule has 0 aliphatic carbocycles. The maximum absolute atomic E-state index is 12.9. The number of carbonyl (C=O) groups is 3. The summed E-state index contributed by atoms with van der Waals surface area (Å²) in [5, 5.41) is 10.5. The zero-order valence-electron chi connectivity index (χ0n) is 16.9. The minimum absolute atomic E-state index is 0.00748. The van der Waals surface area contributed by atoms with Crippen LogP contribution in [0.15, 0.2) is 33.9 Å². The molecule has 1 N–H and O–H groups in total. The predicted octanol–water partition coefficient (Wildman–Crippen LogP) is 1.53. The van der Waals surface area contributed by atoms with E-state index in [4.69, 9.17) is 9.15 Å². The molecule has 2 aromatic rings. The first-order chi connectivity index (χ1) is 15.0. The van der Waals surface area contributed by atoms with Crippen molar-refractivity contribution in [2.45, 2.75) is 18.7 Å². The lowest BCUT2D eigenvalue weighted by Crippen LogP contribution is -2.51. The quantitative estimate of drug-likeness (QED) is 0.630. The lowest BCUT2D eigenvalue weighted by atomic mass is 10.2. The summed E-state index contributed by atoms with van der Waals surface area (Å²) in [5.41, 5.74) is 0.309. The Hall–Kier alpha value is -3.15. The van der Waals surface area contributed by atoms with E-state index in [0.29, 0.717) is 38.3 Å². The fourth-order valence-corrected chi connectivity index (χ4v) is 3.48. The molecule has 0 bridgehead atoms. The van der Waals surface area contributed by atoms with Gasteiger partial charge >= 0.3 is 6.09 Å². The number of benzene rings is 1. The molecule has 1 saturated heterocycles. The fourth-order valence-electron chi connectivity index (χ4n) is 2.80. The predicted molar refractivity (Wildman–Crippen MR) is 108 cm³/mol. The molecule has 1 aromatic carbocycles. The number of halogens is 1. The number of ether oxygens (including phenoxy) is 1. The normalized spacial score (nSPS) is 13.7. The summed E-state index contributed by atoms with van der Waals surface area (Å²) in [6, 6.07) is 5.14. The second kappa shape index (κ2) is 10.8. The van der Waals surface area contributed by atoms with E-state index in [9.17, 15) is 18.8 Å². The number of piperazine rings is 1. The van der Waals surface area contributed by atoms with Gasteiger partial charge in [-0.3, -0.25) is 9.59 Å². The molecule has 1 aliphatic rings. The molecule has 1 aromatic heterocycles. The average Bonchev–Trinajstić information content (AvgIpc) is 3.24. The Morgan fingerprint density at radius 2 is 1.81 bits per heavy atom. The third-order valence-corrected chi connectivity index (χ3v) is 5.24. The minimum atomic E-state index is -0.425. The SMILES string of the molecule is CCOC(=O)N1CCN(C(=O)CSc2nnc(CNC(=O)c3ccc(F)cc3)o2)CC1. The average molecular weight is 451 g/mol. The Labute approximate surface area is 182 Å². The molecule has 0 spiro atoms. The number of rotatable bonds is 7. The first-order valence-corrected chi connectivity index (χ1v) is 10.6. The van der Waals surface area contributed by atoms with E-state index in [0.717, 1.165) is 11.8 Å². The Kier molecular flexibility index (Phi) is 7.82. The Balaban J connectivity index is 1.40. The zero-order chi connectivity index (χ0) is 22.2. The van der Waals surface area contributed by atoms with E-state index in [1.54, 1.807) is 16.7 Å². The van der Waals surface area contributed by atoms with E-state index in [1.807, 2.05) is 0 Å². The number of nitrogens with zero attached hydrogens (tertiary/aromatic N) is 4. The highest BCUT2D eigenvalue weighted by Crippen LogP contribution is 2.17. The van der Waals surface area contributed by atoms with Gasteiger partial charge in [0.2, 0.25) is 11.8 Å². The molecule has 1 fully saturated rings. The summed E-state index contributed by atoms with van der Waals surface area (Å²) >= 11 is 1.10. The number of hydrogen-bond donors (Lipinski definition) is 1. The molecule has 0 unspecified atom stereocenters. The number of thioether (sulfide) groups is 1. The molecule has 2 heterocycles. The lowest BCUT2D eigenvalue weighted by molar-refractivity contribution is -0.129. The molecule has 0 saturated carbocycles. The summed E-state index contributed by atoms with van der Waals surface area (Å²) in [4.78, 5) is 39.3. The van der Waals surface area contributed by atoms with Crippen molar-refractivity contribution in [3.05, 3.63) is 41.5 Å². The van der Waals surface area contributed by atoms with Crippen molar-refractivity contribution in [3.63, 3.8) is 0 Å². The molecule has 31 heavy (non-hydrogen) atoms. The van der Waals surface area contributed by atoms with Crippen LogP contribution < -0.4 is 5.32 Å². The van der Waals surface area contributed by atoms with Gasteiger partial charge < -0.3 is 24.3 Å². The molecule has 1 aliphatic heterocycles. The second-order valence-corrected chi connectivity index (χ2v) is 7.43. The van der Waals surface area contributed by atoms with Crippen molar-refractivity contribution in [3.8, 4) is 0 Å². The maximum Gasteiger partial charge on any atom is 0.409 e. The molecular weight excluding hydrogens is 429 g/mol. The van der Waals surface area contributed by atoms with Crippen LogP contribution in [0.25, 0.3) is 0 Å². The summed E-state index contributed by atoms with van der Waals surface area (Å²) in [6.07, 6.45) is -0.367. The Morgan fingerprint density at radius 3 is 2.48 bits per heavy atom. The van der Waals surface area contributed by atoms with Crippen LogP contribution in [0.2, 0.25) is 0 Å². The number of amides is 3. The van der Waals surface area contributed by atoms with Crippen LogP contribution in [-0.2, 0) is 16.1 Å².